The molecular formula is C15H31N3O. The molecule has 1 fully saturated rings. The summed E-state index contributed by atoms with van der Waals surface area (Å²) in [6.07, 6.45) is 6.03. The maximum absolute atomic E-state index is 11.6. The lowest BCUT2D eigenvalue weighted by Crippen LogP contribution is -2.54. The van der Waals surface area contributed by atoms with Gasteiger partial charge in [-0.05, 0) is 58.2 Å². The highest BCUT2D eigenvalue weighted by molar-refractivity contribution is 5.84. The third kappa shape index (κ3) is 5.11. The number of amides is 1. The number of rotatable bonds is 7. The second kappa shape index (κ2) is 7.85. The summed E-state index contributed by atoms with van der Waals surface area (Å²) in [6, 6.07) is 0. The first-order valence-corrected chi connectivity index (χ1v) is 7.79. The van der Waals surface area contributed by atoms with Crippen molar-refractivity contribution in [2.45, 2.75) is 58.4 Å². The van der Waals surface area contributed by atoms with Gasteiger partial charge in [0, 0.05) is 6.54 Å². The summed E-state index contributed by atoms with van der Waals surface area (Å²) in [7, 11) is 0. The topological polar surface area (TPSA) is 58.4 Å². The summed E-state index contributed by atoms with van der Waals surface area (Å²) >= 11 is 0. The Kier molecular flexibility index (Phi) is 6.80. The van der Waals surface area contributed by atoms with E-state index in [4.69, 9.17) is 5.73 Å². The quantitative estimate of drug-likeness (QED) is 0.740. The lowest BCUT2D eigenvalue weighted by Gasteiger charge is -2.30. The van der Waals surface area contributed by atoms with Gasteiger partial charge in [0.15, 0.2) is 0 Å². The van der Waals surface area contributed by atoms with Gasteiger partial charge >= 0.3 is 0 Å². The van der Waals surface area contributed by atoms with Crippen molar-refractivity contribution in [2.24, 2.45) is 11.7 Å². The van der Waals surface area contributed by atoms with E-state index in [1.807, 2.05) is 13.8 Å². The number of nitrogens with one attached hydrogen (secondary N) is 1. The molecule has 112 valence electrons. The number of carbonyl (C=O) groups excluding carboxylic acids is 1. The maximum atomic E-state index is 11.6. The van der Waals surface area contributed by atoms with Crippen LogP contribution in [0.25, 0.3) is 0 Å². The van der Waals surface area contributed by atoms with E-state index < -0.39 is 5.54 Å². The van der Waals surface area contributed by atoms with Crippen LogP contribution < -0.4 is 11.1 Å². The normalized spacial score (nSPS) is 24.7. The number of primary amides is 1. The zero-order valence-electron chi connectivity index (χ0n) is 12.9. The van der Waals surface area contributed by atoms with Gasteiger partial charge in [-0.25, -0.2) is 0 Å². The van der Waals surface area contributed by atoms with Gasteiger partial charge in [-0.1, -0.05) is 20.3 Å². The average Bonchev–Trinajstić information content (AvgIpc) is 2.61. The summed E-state index contributed by atoms with van der Waals surface area (Å²) in [6.45, 7) is 10.3. The summed E-state index contributed by atoms with van der Waals surface area (Å²) in [4.78, 5) is 14.1. The molecule has 0 aliphatic carbocycles. The number of nitrogens with two attached hydrogens (primary N) is 1. The Hall–Kier alpha value is -0.610. The van der Waals surface area contributed by atoms with Crippen LogP contribution in [0.5, 0.6) is 0 Å². The fourth-order valence-corrected chi connectivity index (χ4v) is 2.93. The standard InChI is InChI=1S/C15H31N3O/c1-4-13-7-6-10-18(11-8-13)12-9-15(3,14(16)19)17-5-2/h13,17H,4-12H2,1-3H3,(H2,16,19). The molecule has 0 spiro atoms. The molecule has 3 N–H and O–H groups in total. The Morgan fingerprint density at radius 3 is 2.68 bits per heavy atom. The van der Waals surface area contributed by atoms with Gasteiger partial charge in [-0.3, -0.25) is 4.79 Å². The monoisotopic (exact) mass is 269 g/mol. The summed E-state index contributed by atoms with van der Waals surface area (Å²) in [5, 5.41) is 3.23. The van der Waals surface area contributed by atoms with Crippen LogP contribution in [0.15, 0.2) is 0 Å². The SMILES string of the molecule is CCNC(C)(CCN1CCCC(CC)CC1)C(N)=O. The molecule has 0 radical (unpaired) electrons. The number of carbonyl (C=O) groups is 1. The van der Waals surface area contributed by atoms with E-state index in [1.165, 1.54) is 32.2 Å². The summed E-state index contributed by atoms with van der Waals surface area (Å²) in [5.74, 6) is 0.650. The Morgan fingerprint density at radius 1 is 1.37 bits per heavy atom. The number of likely N-dealkylation sites (tertiary alicyclic amines) is 1. The van der Waals surface area contributed by atoms with Crippen LogP contribution in [0.3, 0.4) is 0 Å². The highest BCUT2D eigenvalue weighted by Gasteiger charge is 2.30. The highest BCUT2D eigenvalue weighted by Crippen LogP contribution is 2.21. The second-order valence-corrected chi connectivity index (χ2v) is 6.02. The van der Waals surface area contributed by atoms with E-state index in [9.17, 15) is 4.79 Å². The Morgan fingerprint density at radius 2 is 2.11 bits per heavy atom. The van der Waals surface area contributed by atoms with Crippen molar-refractivity contribution >= 4 is 5.91 Å². The number of hydrogen-bond donors (Lipinski definition) is 2. The van der Waals surface area contributed by atoms with Crippen LogP contribution in [-0.4, -0.2) is 42.5 Å². The molecule has 1 aliphatic rings. The predicted octanol–water partition coefficient (Wildman–Crippen LogP) is 1.74. The fraction of sp³-hybridized carbons (Fsp3) is 0.933. The Balaban J connectivity index is 2.44. The van der Waals surface area contributed by atoms with E-state index in [-0.39, 0.29) is 5.91 Å². The molecule has 0 aromatic carbocycles. The molecule has 0 aromatic rings. The van der Waals surface area contributed by atoms with Crippen molar-refractivity contribution in [3.05, 3.63) is 0 Å². The fourth-order valence-electron chi connectivity index (χ4n) is 2.93. The molecule has 0 bridgehead atoms. The highest BCUT2D eigenvalue weighted by atomic mass is 16.1. The zero-order chi connectivity index (χ0) is 14.3. The Bertz CT molecular complexity index is 283. The minimum atomic E-state index is -0.564. The van der Waals surface area contributed by atoms with Crippen LogP contribution >= 0.6 is 0 Å². The minimum absolute atomic E-state index is 0.240. The first kappa shape index (κ1) is 16.4. The molecule has 2 atom stereocenters. The van der Waals surface area contributed by atoms with Crippen LogP contribution in [0, 0.1) is 5.92 Å². The van der Waals surface area contributed by atoms with E-state index >= 15 is 0 Å². The number of likely N-dealkylation sites (N-methyl/N-ethyl adjacent to an activating group) is 1. The summed E-state index contributed by atoms with van der Waals surface area (Å²) in [5.41, 5.74) is 4.96. The van der Waals surface area contributed by atoms with E-state index in [1.54, 1.807) is 0 Å². The zero-order valence-corrected chi connectivity index (χ0v) is 12.9. The molecule has 4 nitrogen and oxygen atoms in total. The largest absolute Gasteiger partial charge is 0.368 e. The van der Waals surface area contributed by atoms with Crippen molar-refractivity contribution < 1.29 is 4.79 Å². The third-order valence-electron chi connectivity index (χ3n) is 4.56. The lowest BCUT2D eigenvalue weighted by molar-refractivity contribution is -0.124. The van der Waals surface area contributed by atoms with Gasteiger partial charge in [-0.2, -0.15) is 0 Å². The van der Waals surface area contributed by atoms with Gasteiger partial charge in [-0.15, -0.1) is 0 Å². The van der Waals surface area contributed by atoms with Crippen molar-refractivity contribution in [3.8, 4) is 0 Å². The Labute approximate surface area is 118 Å². The van der Waals surface area contributed by atoms with Crippen LogP contribution in [0.1, 0.15) is 52.9 Å². The first-order valence-electron chi connectivity index (χ1n) is 7.79. The first-order chi connectivity index (χ1) is 9.01. The van der Waals surface area contributed by atoms with Gasteiger partial charge in [0.1, 0.15) is 0 Å². The third-order valence-corrected chi connectivity index (χ3v) is 4.56. The molecule has 1 aliphatic heterocycles. The van der Waals surface area contributed by atoms with Gasteiger partial charge in [0.2, 0.25) is 5.91 Å². The van der Waals surface area contributed by atoms with Gasteiger partial charge in [0.25, 0.3) is 0 Å². The van der Waals surface area contributed by atoms with Crippen molar-refractivity contribution in [3.63, 3.8) is 0 Å². The van der Waals surface area contributed by atoms with Crippen molar-refractivity contribution in [1.82, 2.24) is 10.2 Å². The smallest absolute Gasteiger partial charge is 0.237 e. The van der Waals surface area contributed by atoms with Crippen LogP contribution in [0.2, 0.25) is 0 Å². The number of hydrogen-bond acceptors (Lipinski definition) is 3. The number of nitrogens with zero attached hydrogens (tertiary/aromatic N) is 1. The van der Waals surface area contributed by atoms with Crippen LogP contribution in [0.4, 0.5) is 0 Å². The second-order valence-electron chi connectivity index (χ2n) is 6.02. The lowest BCUT2D eigenvalue weighted by atomic mass is 9.96. The molecule has 0 aromatic heterocycles. The molecule has 1 rings (SSSR count). The predicted molar refractivity (Wildman–Crippen MR) is 80.0 cm³/mol. The summed E-state index contributed by atoms with van der Waals surface area (Å²) < 4.78 is 0. The molecule has 1 saturated heterocycles. The molecule has 1 heterocycles. The van der Waals surface area contributed by atoms with Crippen molar-refractivity contribution in [2.75, 3.05) is 26.2 Å². The van der Waals surface area contributed by atoms with Crippen molar-refractivity contribution in [1.29, 1.82) is 0 Å². The molecule has 1 amide bonds. The molecule has 4 heteroatoms. The van der Waals surface area contributed by atoms with Crippen LogP contribution in [-0.2, 0) is 4.79 Å². The van der Waals surface area contributed by atoms with E-state index in [0.29, 0.717) is 0 Å². The van der Waals surface area contributed by atoms with Gasteiger partial charge in [0.05, 0.1) is 5.54 Å². The molecule has 19 heavy (non-hydrogen) atoms. The molecule has 0 saturated carbocycles. The molecular weight excluding hydrogens is 238 g/mol. The molecule has 2 unspecified atom stereocenters. The average molecular weight is 269 g/mol. The van der Waals surface area contributed by atoms with E-state index in [0.717, 1.165) is 32.0 Å². The van der Waals surface area contributed by atoms with E-state index in [2.05, 4.69) is 17.1 Å². The minimum Gasteiger partial charge on any atom is -0.368 e. The van der Waals surface area contributed by atoms with Gasteiger partial charge < -0.3 is 16.0 Å². The maximum Gasteiger partial charge on any atom is 0.237 e.